The van der Waals surface area contributed by atoms with E-state index < -0.39 is 0 Å². The van der Waals surface area contributed by atoms with Gasteiger partial charge < -0.3 is 10.2 Å². The van der Waals surface area contributed by atoms with Gasteiger partial charge in [-0.25, -0.2) is 0 Å². The summed E-state index contributed by atoms with van der Waals surface area (Å²) in [5.41, 5.74) is 0. The highest BCUT2D eigenvalue weighted by atomic mass is 16.2. The van der Waals surface area contributed by atoms with Gasteiger partial charge in [-0.15, -0.1) is 0 Å². The molecule has 2 rings (SSSR count). The van der Waals surface area contributed by atoms with E-state index in [1.807, 2.05) is 4.90 Å². The summed E-state index contributed by atoms with van der Waals surface area (Å²) in [7, 11) is 1.59. The zero-order valence-electron chi connectivity index (χ0n) is 13.3. The van der Waals surface area contributed by atoms with Gasteiger partial charge in [-0.3, -0.25) is 24.5 Å². The number of nitrogens with one attached hydrogen (secondary N) is 2. The van der Waals surface area contributed by atoms with Crippen LogP contribution in [0.5, 0.6) is 0 Å². The van der Waals surface area contributed by atoms with E-state index in [2.05, 4.69) is 10.6 Å². The van der Waals surface area contributed by atoms with Crippen LogP contribution in [0.25, 0.3) is 0 Å². The van der Waals surface area contributed by atoms with E-state index in [1.165, 1.54) is 6.42 Å². The van der Waals surface area contributed by atoms with Crippen molar-refractivity contribution < 1.29 is 19.2 Å². The van der Waals surface area contributed by atoms with Gasteiger partial charge in [0.15, 0.2) is 0 Å². The number of nitrogens with zero attached hydrogens (tertiary/aromatic N) is 1. The monoisotopic (exact) mass is 375 g/mol. The van der Waals surface area contributed by atoms with Crippen molar-refractivity contribution in [3.63, 3.8) is 0 Å². The minimum atomic E-state index is -0.150. The highest BCUT2D eigenvalue weighted by Gasteiger charge is 2.25. The van der Waals surface area contributed by atoms with E-state index in [9.17, 15) is 19.2 Å². The molecule has 0 bridgehead atoms. The van der Waals surface area contributed by atoms with Gasteiger partial charge >= 0.3 is 0 Å². The lowest BCUT2D eigenvalue weighted by Gasteiger charge is -2.26. The van der Waals surface area contributed by atoms with Crippen LogP contribution >= 0.6 is 0 Å². The Bertz CT molecular complexity index is 433. The number of amides is 4. The van der Waals surface area contributed by atoms with E-state index in [4.69, 9.17) is 0 Å². The second-order valence-corrected chi connectivity index (χ2v) is 5.63. The second-order valence-electron chi connectivity index (χ2n) is 5.63. The van der Waals surface area contributed by atoms with Crippen LogP contribution in [0.1, 0.15) is 75.2 Å². The third-order valence-corrected chi connectivity index (χ3v) is 3.76. The molecule has 4 amide bonds. The lowest BCUT2D eigenvalue weighted by molar-refractivity contribution is -0.134. The van der Waals surface area contributed by atoms with Gasteiger partial charge in [0.25, 0.3) is 0 Å². The van der Waals surface area contributed by atoms with Crippen molar-refractivity contribution in [3.8, 4) is 0 Å². The summed E-state index contributed by atoms with van der Waals surface area (Å²) in [6, 6.07) is 0. The van der Waals surface area contributed by atoms with Gasteiger partial charge in [-0.1, -0.05) is 36.6 Å². The van der Waals surface area contributed by atoms with E-state index in [1.54, 1.807) is 14.0 Å². The first-order chi connectivity index (χ1) is 10.4. The maximum atomic E-state index is 11.6. The van der Waals surface area contributed by atoms with Crippen molar-refractivity contribution in [1.82, 2.24) is 15.5 Å². The molecule has 2 heterocycles. The Kier molecular flexibility index (Phi) is 20.2. The first kappa shape index (κ1) is 31.8. The Morgan fingerprint density at radius 1 is 1.04 bits per heavy atom. The van der Waals surface area contributed by atoms with E-state index in [-0.39, 0.29) is 59.3 Å². The molecule has 2 saturated heterocycles. The topological polar surface area (TPSA) is 95.6 Å². The third-order valence-electron chi connectivity index (χ3n) is 3.76. The molecule has 26 heavy (non-hydrogen) atoms. The number of hydrogen-bond acceptors (Lipinski definition) is 4. The molecule has 156 valence electrons. The fourth-order valence-electron chi connectivity index (χ4n) is 2.33. The predicted octanol–water partition coefficient (Wildman–Crippen LogP) is 2.74. The first-order valence-electron chi connectivity index (χ1n) is 7.76. The summed E-state index contributed by atoms with van der Waals surface area (Å²) < 4.78 is 0. The summed E-state index contributed by atoms with van der Waals surface area (Å²) in [6.45, 7) is 3.47. The van der Waals surface area contributed by atoms with Crippen molar-refractivity contribution in [1.29, 1.82) is 0 Å². The van der Waals surface area contributed by atoms with Crippen molar-refractivity contribution in [3.05, 3.63) is 0 Å². The van der Waals surface area contributed by atoms with Gasteiger partial charge in [0.2, 0.25) is 23.6 Å². The molecule has 2 N–H and O–H groups in total. The quantitative estimate of drug-likeness (QED) is 0.741. The molecule has 1 unspecified atom stereocenters. The van der Waals surface area contributed by atoms with Crippen LogP contribution in [0.2, 0.25) is 0 Å². The zero-order valence-corrected chi connectivity index (χ0v) is 13.3. The molecule has 2 aliphatic rings. The number of carbonyl (C=O) groups is 4. The Labute approximate surface area is 160 Å². The van der Waals surface area contributed by atoms with Gasteiger partial charge in [0.1, 0.15) is 0 Å². The second kappa shape index (κ2) is 16.5. The smallest absolute Gasteiger partial charge is 0.229 e. The van der Waals surface area contributed by atoms with Crippen LogP contribution < -0.4 is 10.6 Å². The van der Waals surface area contributed by atoms with Crippen LogP contribution in [0.4, 0.5) is 0 Å². The maximum absolute atomic E-state index is 11.6. The van der Waals surface area contributed by atoms with Crippen LogP contribution in [-0.4, -0.2) is 48.7 Å². The molecule has 7 nitrogen and oxygen atoms in total. The summed E-state index contributed by atoms with van der Waals surface area (Å²) in [5, 5.41) is 4.70. The minimum Gasteiger partial charge on any atom is -0.359 e. The fourth-order valence-corrected chi connectivity index (χ4v) is 2.33. The average Bonchev–Trinajstić information content (AvgIpc) is 2.82. The fraction of sp³-hybridized carbons (Fsp3) is 0.789. The summed E-state index contributed by atoms with van der Waals surface area (Å²) in [4.78, 5) is 45.1. The number of hydrogen-bond donors (Lipinski definition) is 2. The standard InChI is InChI=1S/C10H18N2O2.C5H7NO2.4CH4/c1-11-9(13)5-6-10(14)12-7-3-2-4-8-12;1-3-2-4(7)6-5(3)8;;;;/h2-8H2,1H3,(H,11,13);3H,2H2,1H3,(H,6,7,8);4*1H4. The largest absolute Gasteiger partial charge is 0.359 e. The molecular weight excluding hydrogens is 334 g/mol. The zero-order chi connectivity index (χ0) is 16.5. The number of piperidine rings is 1. The van der Waals surface area contributed by atoms with Gasteiger partial charge in [0, 0.05) is 45.3 Å². The van der Waals surface area contributed by atoms with Crippen LogP contribution in [-0.2, 0) is 19.2 Å². The molecule has 7 heteroatoms. The van der Waals surface area contributed by atoms with Crippen LogP contribution in [0, 0.1) is 5.92 Å². The number of likely N-dealkylation sites (tertiary alicyclic amines) is 1. The van der Waals surface area contributed by atoms with Crippen molar-refractivity contribution >= 4 is 23.6 Å². The molecule has 0 aromatic carbocycles. The van der Waals surface area contributed by atoms with Gasteiger partial charge in [-0.05, 0) is 19.3 Å². The van der Waals surface area contributed by atoms with Crippen molar-refractivity contribution in [2.75, 3.05) is 20.1 Å². The number of imide groups is 1. The predicted molar refractivity (Wildman–Crippen MR) is 108 cm³/mol. The van der Waals surface area contributed by atoms with Crippen molar-refractivity contribution in [2.45, 2.75) is 75.2 Å². The molecule has 0 radical (unpaired) electrons. The highest BCUT2D eigenvalue weighted by Crippen LogP contribution is 2.10. The summed E-state index contributed by atoms with van der Waals surface area (Å²) in [5.74, 6) is -0.344. The molecule has 0 aliphatic carbocycles. The Balaban J connectivity index is -0.000000177. The molecule has 0 saturated carbocycles. The molecule has 1 atom stereocenters. The normalized spacial score (nSPS) is 17.6. The van der Waals surface area contributed by atoms with Gasteiger partial charge in [0.05, 0.1) is 0 Å². The highest BCUT2D eigenvalue weighted by molar-refractivity contribution is 6.03. The molecule has 2 aliphatic heterocycles. The van der Waals surface area contributed by atoms with Crippen molar-refractivity contribution in [2.24, 2.45) is 5.92 Å². The molecular formula is C19H41N3O4. The van der Waals surface area contributed by atoms with Crippen LogP contribution in [0.3, 0.4) is 0 Å². The Hall–Kier alpha value is -1.92. The summed E-state index contributed by atoms with van der Waals surface area (Å²) in [6.07, 6.45) is 4.45. The SMILES string of the molecule is C.C.C.C.CC1CC(=O)NC1=O.CNC(=O)CCC(=O)N1CCCCC1. The number of rotatable bonds is 3. The molecule has 0 aromatic heterocycles. The Morgan fingerprint density at radius 2 is 1.58 bits per heavy atom. The summed E-state index contributed by atoms with van der Waals surface area (Å²) >= 11 is 0. The van der Waals surface area contributed by atoms with E-state index >= 15 is 0 Å². The first-order valence-corrected chi connectivity index (χ1v) is 7.76. The molecule has 0 spiro atoms. The van der Waals surface area contributed by atoms with Gasteiger partial charge in [-0.2, -0.15) is 0 Å². The number of carbonyl (C=O) groups excluding carboxylic acids is 4. The lowest BCUT2D eigenvalue weighted by atomic mass is 10.1. The molecule has 0 aromatic rings. The van der Waals surface area contributed by atoms with E-state index in [0.29, 0.717) is 19.3 Å². The molecule has 2 fully saturated rings. The minimum absolute atomic E-state index is 0. The third kappa shape index (κ3) is 11.6. The van der Waals surface area contributed by atoms with Crippen LogP contribution in [0.15, 0.2) is 0 Å². The lowest BCUT2D eigenvalue weighted by Crippen LogP contribution is -2.36. The Morgan fingerprint density at radius 3 is 1.92 bits per heavy atom. The van der Waals surface area contributed by atoms with E-state index in [0.717, 1.165) is 25.9 Å². The maximum Gasteiger partial charge on any atom is 0.229 e. The average molecular weight is 376 g/mol.